The van der Waals surface area contributed by atoms with Gasteiger partial charge in [0.2, 0.25) is 0 Å². The van der Waals surface area contributed by atoms with Crippen molar-refractivity contribution < 1.29 is 0 Å². The number of thiazole rings is 1. The molecule has 0 radical (unpaired) electrons. The minimum Gasteiger partial charge on any atom is -0.376 e. The minimum atomic E-state index is 0.124. The lowest BCUT2D eigenvalue weighted by molar-refractivity contribution is 1.28. The van der Waals surface area contributed by atoms with Gasteiger partial charge in [-0.25, -0.2) is 4.98 Å². The molecule has 6 heteroatoms. The van der Waals surface area contributed by atoms with Gasteiger partial charge in [-0.05, 0) is 24.4 Å². The first kappa shape index (κ1) is 11.5. The Hall–Kier alpha value is -1.97. The van der Waals surface area contributed by atoms with Crippen LogP contribution in [0.25, 0.3) is 15.8 Å². The molecule has 4 nitrogen and oxygen atoms in total. The Labute approximate surface area is 107 Å². The molecule has 0 bridgehead atoms. The van der Waals surface area contributed by atoms with Crippen LogP contribution in [0.3, 0.4) is 0 Å². The van der Waals surface area contributed by atoms with E-state index in [2.05, 4.69) is 28.6 Å². The Morgan fingerprint density at radius 1 is 1.53 bits per heavy atom. The van der Waals surface area contributed by atoms with Gasteiger partial charge in [-0.3, -0.25) is 0 Å². The molecule has 0 spiro atoms. The van der Waals surface area contributed by atoms with Crippen LogP contribution < -0.4 is 11.1 Å². The Morgan fingerprint density at radius 3 is 2.94 bits per heavy atom. The predicted molar refractivity (Wildman–Crippen MR) is 73.1 cm³/mol. The Bertz CT molecular complexity index is 603. The molecule has 0 saturated heterocycles. The maximum atomic E-state index is 9.04. The predicted octanol–water partition coefficient (Wildman–Crippen LogP) is 1.99. The summed E-state index contributed by atoms with van der Waals surface area (Å²) in [6.45, 7) is 0. The van der Waals surface area contributed by atoms with E-state index in [-0.39, 0.29) is 5.11 Å². The van der Waals surface area contributed by atoms with Gasteiger partial charge in [0.05, 0.1) is 10.2 Å². The second-order valence-electron chi connectivity index (χ2n) is 3.17. The topological polar surface area (TPSA) is 74.7 Å². The summed E-state index contributed by atoms with van der Waals surface area (Å²) in [5.41, 5.74) is 6.59. The zero-order chi connectivity index (χ0) is 12.3. The highest BCUT2D eigenvalue weighted by molar-refractivity contribution is 7.80. The summed E-state index contributed by atoms with van der Waals surface area (Å²) in [6, 6.07) is 9.79. The van der Waals surface area contributed by atoms with Crippen LogP contribution in [0.1, 0.15) is 5.01 Å². The van der Waals surface area contributed by atoms with Gasteiger partial charge in [0.15, 0.2) is 5.11 Å². The smallest absolute Gasteiger partial charge is 0.167 e. The van der Waals surface area contributed by atoms with E-state index in [4.69, 9.17) is 11.0 Å². The number of nitrogens with zero attached hydrogens (tertiary/aromatic N) is 2. The molecule has 0 aliphatic carbocycles. The van der Waals surface area contributed by atoms with Gasteiger partial charge in [0.25, 0.3) is 0 Å². The number of aromatic nitrogens is 1. The summed E-state index contributed by atoms with van der Waals surface area (Å²) >= 11 is 6.13. The highest BCUT2D eigenvalue weighted by atomic mass is 32.1. The SMILES string of the molecule is N#C/C(=C\NC(N)=S)c1nc2ccccc2s1. The van der Waals surface area contributed by atoms with Gasteiger partial charge in [0.1, 0.15) is 16.6 Å². The Balaban J connectivity index is 2.41. The molecule has 2 rings (SSSR count). The highest BCUT2D eigenvalue weighted by Crippen LogP contribution is 2.26. The van der Waals surface area contributed by atoms with Crippen molar-refractivity contribution in [2.45, 2.75) is 0 Å². The van der Waals surface area contributed by atoms with Crippen molar-refractivity contribution in [1.29, 1.82) is 5.26 Å². The summed E-state index contributed by atoms with van der Waals surface area (Å²) in [5.74, 6) is 0. The first-order valence-electron chi connectivity index (χ1n) is 4.73. The number of nitriles is 1. The van der Waals surface area contributed by atoms with Crippen LogP contribution in [-0.4, -0.2) is 10.1 Å². The van der Waals surface area contributed by atoms with Crippen molar-refractivity contribution in [2.24, 2.45) is 5.73 Å². The summed E-state index contributed by atoms with van der Waals surface area (Å²) in [5, 5.41) is 12.4. The summed E-state index contributed by atoms with van der Waals surface area (Å²) in [7, 11) is 0. The lowest BCUT2D eigenvalue weighted by Gasteiger charge is -1.95. The number of para-hydroxylation sites is 1. The fourth-order valence-corrected chi connectivity index (χ4v) is 2.26. The number of hydrogen-bond acceptors (Lipinski definition) is 4. The van der Waals surface area contributed by atoms with E-state index in [1.54, 1.807) is 0 Å². The zero-order valence-electron chi connectivity index (χ0n) is 8.68. The number of benzene rings is 1. The lowest BCUT2D eigenvalue weighted by Crippen LogP contribution is -2.24. The van der Waals surface area contributed by atoms with E-state index in [0.29, 0.717) is 10.6 Å². The molecule has 0 amide bonds. The largest absolute Gasteiger partial charge is 0.376 e. The highest BCUT2D eigenvalue weighted by Gasteiger charge is 2.07. The number of rotatable bonds is 2. The molecular formula is C11H8N4S2. The number of thiocarbonyl (C=S) groups is 1. The Morgan fingerprint density at radius 2 is 2.29 bits per heavy atom. The molecule has 84 valence electrons. The molecule has 3 N–H and O–H groups in total. The van der Waals surface area contributed by atoms with Crippen molar-refractivity contribution in [3.63, 3.8) is 0 Å². The van der Waals surface area contributed by atoms with Gasteiger partial charge in [-0.1, -0.05) is 12.1 Å². The maximum Gasteiger partial charge on any atom is 0.167 e. The van der Waals surface area contributed by atoms with Crippen LogP contribution >= 0.6 is 23.6 Å². The van der Waals surface area contributed by atoms with Crippen LogP contribution in [0.15, 0.2) is 30.5 Å². The normalized spacial score (nSPS) is 11.1. The van der Waals surface area contributed by atoms with Crippen LogP contribution in [0, 0.1) is 11.3 Å². The summed E-state index contributed by atoms with van der Waals surface area (Å²) in [6.07, 6.45) is 1.47. The quantitative estimate of drug-likeness (QED) is 0.638. The van der Waals surface area contributed by atoms with Gasteiger partial charge in [-0.2, -0.15) is 5.26 Å². The van der Waals surface area contributed by atoms with E-state index in [0.717, 1.165) is 10.2 Å². The van der Waals surface area contributed by atoms with Gasteiger partial charge in [0, 0.05) is 6.20 Å². The summed E-state index contributed by atoms with van der Waals surface area (Å²) < 4.78 is 1.04. The molecule has 0 atom stereocenters. The molecule has 0 unspecified atom stereocenters. The molecule has 17 heavy (non-hydrogen) atoms. The van der Waals surface area contributed by atoms with Crippen LogP contribution in [-0.2, 0) is 0 Å². The van der Waals surface area contributed by atoms with E-state index in [9.17, 15) is 0 Å². The second-order valence-corrected chi connectivity index (χ2v) is 4.64. The third-order valence-electron chi connectivity index (χ3n) is 2.00. The van der Waals surface area contributed by atoms with Crippen molar-refractivity contribution >= 4 is 44.5 Å². The van der Waals surface area contributed by atoms with Crippen molar-refractivity contribution in [1.82, 2.24) is 10.3 Å². The molecule has 0 fully saturated rings. The molecule has 1 aromatic heterocycles. The standard InChI is InChI=1S/C11H8N4S2/c12-5-7(6-14-11(13)16)10-15-8-3-1-2-4-9(8)17-10/h1-4,6H,(H3,13,14,16)/b7-6+. The van der Waals surface area contributed by atoms with Gasteiger partial charge >= 0.3 is 0 Å². The minimum absolute atomic E-state index is 0.124. The first-order valence-corrected chi connectivity index (χ1v) is 5.95. The molecular weight excluding hydrogens is 252 g/mol. The average molecular weight is 260 g/mol. The number of nitrogens with two attached hydrogens (primary N) is 1. The first-order chi connectivity index (χ1) is 8.20. The van der Waals surface area contributed by atoms with Crippen LogP contribution in [0.5, 0.6) is 0 Å². The number of nitrogens with one attached hydrogen (secondary N) is 1. The molecule has 0 aliphatic heterocycles. The van der Waals surface area contributed by atoms with Crippen molar-refractivity contribution in [2.75, 3.05) is 0 Å². The molecule has 1 aromatic carbocycles. The maximum absolute atomic E-state index is 9.04. The number of hydrogen-bond donors (Lipinski definition) is 2. The fourth-order valence-electron chi connectivity index (χ4n) is 1.27. The average Bonchev–Trinajstić information content (AvgIpc) is 2.72. The molecule has 0 saturated carbocycles. The van der Waals surface area contributed by atoms with Gasteiger partial charge in [-0.15, -0.1) is 11.3 Å². The Kier molecular flexibility index (Phi) is 3.32. The van der Waals surface area contributed by atoms with E-state index < -0.39 is 0 Å². The van der Waals surface area contributed by atoms with Crippen LogP contribution in [0.4, 0.5) is 0 Å². The van der Waals surface area contributed by atoms with E-state index in [1.807, 2.05) is 24.3 Å². The number of fused-ring (bicyclic) bond motifs is 1. The van der Waals surface area contributed by atoms with Gasteiger partial charge < -0.3 is 11.1 Å². The lowest BCUT2D eigenvalue weighted by atomic mass is 10.3. The third kappa shape index (κ3) is 2.58. The molecule has 1 heterocycles. The molecule has 2 aromatic rings. The second kappa shape index (κ2) is 4.91. The van der Waals surface area contributed by atoms with E-state index in [1.165, 1.54) is 17.5 Å². The fraction of sp³-hybridized carbons (Fsp3) is 0. The van der Waals surface area contributed by atoms with E-state index >= 15 is 0 Å². The van der Waals surface area contributed by atoms with Crippen molar-refractivity contribution in [3.8, 4) is 6.07 Å². The number of allylic oxidation sites excluding steroid dienone is 1. The third-order valence-corrected chi connectivity index (χ3v) is 3.19. The monoisotopic (exact) mass is 260 g/mol. The van der Waals surface area contributed by atoms with Crippen LogP contribution in [0.2, 0.25) is 0 Å². The zero-order valence-corrected chi connectivity index (χ0v) is 10.3. The summed E-state index contributed by atoms with van der Waals surface area (Å²) in [4.78, 5) is 4.37. The molecule has 0 aliphatic rings. The van der Waals surface area contributed by atoms with Crippen molar-refractivity contribution in [3.05, 3.63) is 35.5 Å².